The fourth-order valence-electron chi connectivity index (χ4n) is 1.62. The van der Waals surface area contributed by atoms with E-state index in [0.29, 0.717) is 12.2 Å². The lowest BCUT2D eigenvalue weighted by molar-refractivity contribution is -0.137. The third kappa shape index (κ3) is 3.20. The van der Waals surface area contributed by atoms with Gasteiger partial charge in [0, 0.05) is 18.9 Å². The van der Waals surface area contributed by atoms with Crippen LogP contribution in [0.1, 0.15) is 11.3 Å². The molecule has 0 radical (unpaired) electrons. The van der Waals surface area contributed by atoms with Crippen molar-refractivity contribution < 1.29 is 13.2 Å². The molecule has 1 heterocycles. The van der Waals surface area contributed by atoms with Crippen molar-refractivity contribution in [2.24, 2.45) is 7.05 Å². The molecule has 0 aliphatic carbocycles. The van der Waals surface area contributed by atoms with Gasteiger partial charge in [0.15, 0.2) is 0 Å². The van der Waals surface area contributed by atoms with Crippen molar-refractivity contribution in [2.75, 3.05) is 5.32 Å². The van der Waals surface area contributed by atoms with Gasteiger partial charge in [0.05, 0.1) is 22.8 Å². The molecule has 0 amide bonds. The van der Waals surface area contributed by atoms with Gasteiger partial charge < -0.3 is 5.32 Å². The van der Waals surface area contributed by atoms with E-state index in [4.69, 9.17) is 11.6 Å². The van der Waals surface area contributed by atoms with Crippen molar-refractivity contribution in [1.29, 1.82) is 0 Å². The zero-order valence-corrected chi connectivity index (χ0v) is 10.8. The van der Waals surface area contributed by atoms with Crippen molar-refractivity contribution in [3.8, 4) is 0 Å². The number of hydrogen-bond donors (Lipinski definition) is 1. The van der Waals surface area contributed by atoms with Crippen LogP contribution in [-0.2, 0) is 19.8 Å². The maximum Gasteiger partial charge on any atom is 0.417 e. The molecule has 0 atom stereocenters. The quantitative estimate of drug-likeness (QED) is 0.933. The number of alkyl halides is 3. The molecule has 102 valence electrons. The summed E-state index contributed by atoms with van der Waals surface area (Å²) < 4.78 is 39.7. The molecule has 7 heteroatoms. The highest BCUT2D eigenvalue weighted by molar-refractivity contribution is 6.31. The van der Waals surface area contributed by atoms with Crippen LogP contribution in [0.4, 0.5) is 18.9 Å². The topological polar surface area (TPSA) is 29.9 Å². The zero-order chi connectivity index (χ0) is 14.0. The number of halogens is 4. The van der Waals surface area contributed by atoms with Crippen molar-refractivity contribution >= 4 is 17.3 Å². The van der Waals surface area contributed by atoms with Gasteiger partial charge in [0.2, 0.25) is 0 Å². The van der Waals surface area contributed by atoms with Gasteiger partial charge in [-0.1, -0.05) is 11.6 Å². The van der Waals surface area contributed by atoms with Gasteiger partial charge in [-0.15, -0.1) is 0 Å². The Morgan fingerprint density at radius 3 is 2.63 bits per heavy atom. The van der Waals surface area contributed by atoms with Gasteiger partial charge in [-0.05, 0) is 24.3 Å². The van der Waals surface area contributed by atoms with E-state index in [-0.39, 0.29) is 5.02 Å². The highest BCUT2D eigenvalue weighted by atomic mass is 35.5. The van der Waals surface area contributed by atoms with Crippen LogP contribution in [0.3, 0.4) is 0 Å². The van der Waals surface area contributed by atoms with E-state index < -0.39 is 11.7 Å². The molecule has 19 heavy (non-hydrogen) atoms. The maximum atomic E-state index is 12.7. The summed E-state index contributed by atoms with van der Waals surface area (Å²) >= 11 is 5.54. The molecule has 1 N–H and O–H groups in total. The standard InChI is InChI=1S/C12H11ClF3N3/c1-19-9(4-5-18-19)7-17-8-2-3-11(13)10(6-8)12(14,15)16/h2-6,17H,7H2,1H3. The summed E-state index contributed by atoms with van der Waals surface area (Å²) in [5.74, 6) is 0. The number of nitrogens with zero attached hydrogens (tertiary/aromatic N) is 2. The second kappa shape index (κ2) is 5.13. The molecule has 1 aromatic carbocycles. The second-order valence-electron chi connectivity index (χ2n) is 3.99. The summed E-state index contributed by atoms with van der Waals surface area (Å²) in [4.78, 5) is 0. The van der Waals surface area contributed by atoms with Crippen molar-refractivity contribution in [1.82, 2.24) is 9.78 Å². The minimum atomic E-state index is -4.46. The van der Waals surface area contributed by atoms with Crippen LogP contribution in [0, 0.1) is 0 Å². The normalized spacial score (nSPS) is 11.6. The molecular weight excluding hydrogens is 279 g/mol. The number of aromatic nitrogens is 2. The van der Waals surface area contributed by atoms with E-state index in [2.05, 4.69) is 10.4 Å². The smallest absolute Gasteiger partial charge is 0.379 e. The Morgan fingerprint density at radius 1 is 1.32 bits per heavy atom. The first-order valence-corrected chi connectivity index (χ1v) is 5.83. The zero-order valence-electron chi connectivity index (χ0n) is 10.0. The molecule has 1 aromatic heterocycles. The molecule has 0 saturated carbocycles. The summed E-state index contributed by atoms with van der Waals surface area (Å²) in [6, 6.07) is 5.52. The fraction of sp³-hybridized carbons (Fsp3) is 0.250. The molecule has 2 rings (SSSR count). The number of hydrogen-bond acceptors (Lipinski definition) is 2. The highest BCUT2D eigenvalue weighted by Gasteiger charge is 2.33. The van der Waals surface area contributed by atoms with Gasteiger partial charge in [0.1, 0.15) is 0 Å². The number of anilines is 1. The lowest BCUT2D eigenvalue weighted by Gasteiger charge is -2.12. The predicted octanol–water partition coefficient (Wildman–Crippen LogP) is 3.70. The predicted molar refractivity (Wildman–Crippen MR) is 67.0 cm³/mol. The number of benzene rings is 1. The largest absolute Gasteiger partial charge is 0.417 e. The third-order valence-corrected chi connectivity index (χ3v) is 3.00. The average molecular weight is 290 g/mol. The van der Waals surface area contributed by atoms with Gasteiger partial charge in [-0.3, -0.25) is 4.68 Å². The third-order valence-electron chi connectivity index (χ3n) is 2.67. The summed E-state index contributed by atoms with van der Waals surface area (Å²) in [7, 11) is 1.76. The first-order valence-electron chi connectivity index (χ1n) is 5.45. The average Bonchev–Trinajstić information content (AvgIpc) is 2.72. The monoisotopic (exact) mass is 289 g/mol. The Hall–Kier alpha value is -1.69. The first-order chi connectivity index (χ1) is 8.88. The van der Waals surface area contributed by atoms with E-state index in [1.807, 2.05) is 0 Å². The SMILES string of the molecule is Cn1nccc1CNc1ccc(Cl)c(C(F)(F)F)c1. The van der Waals surface area contributed by atoms with Crippen LogP contribution in [-0.4, -0.2) is 9.78 Å². The Labute approximate surface area is 113 Å². The summed E-state index contributed by atoms with van der Waals surface area (Å²) in [5.41, 5.74) is 0.380. The molecule has 0 saturated heterocycles. The molecule has 0 unspecified atom stereocenters. The van der Waals surface area contributed by atoms with Crippen molar-refractivity contribution in [3.05, 3.63) is 46.7 Å². The highest BCUT2D eigenvalue weighted by Crippen LogP contribution is 2.36. The van der Waals surface area contributed by atoms with Crippen LogP contribution < -0.4 is 5.32 Å². The van der Waals surface area contributed by atoms with E-state index in [1.165, 1.54) is 12.1 Å². The molecule has 0 bridgehead atoms. The molecule has 0 fully saturated rings. The second-order valence-corrected chi connectivity index (χ2v) is 4.40. The van der Waals surface area contributed by atoms with Crippen LogP contribution in [0.25, 0.3) is 0 Å². The first kappa shape index (κ1) is 13.7. The number of rotatable bonds is 3. The van der Waals surface area contributed by atoms with Crippen molar-refractivity contribution in [2.45, 2.75) is 12.7 Å². The lowest BCUT2D eigenvalue weighted by atomic mass is 10.2. The van der Waals surface area contributed by atoms with E-state index >= 15 is 0 Å². The van der Waals surface area contributed by atoms with Crippen LogP contribution in [0.5, 0.6) is 0 Å². The Bertz CT molecular complexity index is 578. The Balaban J connectivity index is 2.16. The summed E-state index contributed by atoms with van der Waals surface area (Å²) in [6.45, 7) is 0.384. The molecular formula is C12H11ClF3N3. The van der Waals surface area contributed by atoms with E-state index in [0.717, 1.165) is 11.8 Å². The van der Waals surface area contributed by atoms with E-state index in [9.17, 15) is 13.2 Å². The Kier molecular flexibility index (Phi) is 3.71. The molecule has 0 aliphatic heterocycles. The van der Waals surface area contributed by atoms with Gasteiger partial charge >= 0.3 is 6.18 Å². The number of nitrogens with one attached hydrogen (secondary N) is 1. The molecule has 3 nitrogen and oxygen atoms in total. The lowest BCUT2D eigenvalue weighted by Crippen LogP contribution is -2.09. The van der Waals surface area contributed by atoms with Gasteiger partial charge in [-0.2, -0.15) is 18.3 Å². The molecule has 0 spiro atoms. The van der Waals surface area contributed by atoms with Crippen LogP contribution >= 0.6 is 11.6 Å². The summed E-state index contributed by atoms with van der Waals surface area (Å²) in [5, 5.41) is 6.58. The Morgan fingerprint density at radius 2 is 2.05 bits per heavy atom. The minimum Gasteiger partial charge on any atom is -0.379 e. The fourth-order valence-corrected chi connectivity index (χ4v) is 1.84. The van der Waals surface area contributed by atoms with Gasteiger partial charge in [-0.25, -0.2) is 0 Å². The molecule has 2 aromatic rings. The van der Waals surface area contributed by atoms with Crippen LogP contribution in [0.15, 0.2) is 30.5 Å². The van der Waals surface area contributed by atoms with E-state index in [1.54, 1.807) is 24.0 Å². The maximum absolute atomic E-state index is 12.7. The number of aryl methyl sites for hydroxylation is 1. The van der Waals surface area contributed by atoms with Gasteiger partial charge in [0.25, 0.3) is 0 Å². The van der Waals surface area contributed by atoms with Crippen LogP contribution in [0.2, 0.25) is 5.02 Å². The van der Waals surface area contributed by atoms with Crippen molar-refractivity contribution in [3.63, 3.8) is 0 Å². The minimum absolute atomic E-state index is 0.307. The molecule has 0 aliphatic rings. The summed E-state index contributed by atoms with van der Waals surface area (Å²) in [6.07, 6.45) is -2.83.